The third-order valence-electron chi connectivity index (χ3n) is 3.36. The topological polar surface area (TPSA) is 122 Å². The number of aliphatic carboxylic acids is 1. The summed E-state index contributed by atoms with van der Waals surface area (Å²) in [7, 11) is 1.25. The molecule has 2 aliphatic heterocycles. The molecule has 120 valence electrons. The fraction of sp³-hybridized carbons (Fsp3) is 0.500. The van der Waals surface area contributed by atoms with E-state index in [0.717, 1.165) is 4.90 Å². The van der Waals surface area contributed by atoms with Gasteiger partial charge >= 0.3 is 11.9 Å². The number of nitrogens with one attached hydrogen (secondary N) is 1. The first kappa shape index (κ1) is 16.3. The van der Waals surface area contributed by atoms with Gasteiger partial charge in [-0.25, -0.2) is 4.79 Å². The SMILES string of the molecule is CO[C@@]1(NC=O)C(=O)N2C(C(=O)O)=C(COC(C)=O)CS[C@H]21. The Morgan fingerprint density at radius 2 is 2.27 bits per heavy atom. The molecule has 0 aliphatic carbocycles. The van der Waals surface area contributed by atoms with Crippen LogP contribution in [0.2, 0.25) is 0 Å². The van der Waals surface area contributed by atoms with E-state index in [1.807, 2.05) is 0 Å². The molecule has 22 heavy (non-hydrogen) atoms. The van der Waals surface area contributed by atoms with Gasteiger partial charge in [0, 0.05) is 25.4 Å². The number of carboxylic acid groups (broad SMARTS) is 1. The molecular formula is C12H14N2O7S. The van der Waals surface area contributed by atoms with Gasteiger partial charge in [-0.2, -0.15) is 0 Å². The number of esters is 1. The lowest BCUT2D eigenvalue weighted by Crippen LogP contribution is -2.79. The van der Waals surface area contributed by atoms with E-state index in [1.165, 1.54) is 25.8 Å². The van der Waals surface area contributed by atoms with Crippen molar-refractivity contribution in [2.24, 2.45) is 0 Å². The van der Waals surface area contributed by atoms with Gasteiger partial charge in [0.05, 0.1) is 0 Å². The van der Waals surface area contributed by atoms with Crippen LogP contribution in [0, 0.1) is 0 Å². The molecule has 0 spiro atoms. The fourth-order valence-electron chi connectivity index (χ4n) is 2.36. The normalized spacial score (nSPS) is 26.9. The average Bonchev–Trinajstić information content (AvgIpc) is 2.48. The average molecular weight is 330 g/mol. The largest absolute Gasteiger partial charge is 0.477 e. The van der Waals surface area contributed by atoms with Crippen molar-refractivity contribution in [1.29, 1.82) is 0 Å². The Morgan fingerprint density at radius 3 is 2.77 bits per heavy atom. The van der Waals surface area contributed by atoms with Crippen molar-refractivity contribution in [2.75, 3.05) is 19.5 Å². The smallest absolute Gasteiger partial charge is 0.352 e. The van der Waals surface area contributed by atoms with E-state index in [0.29, 0.717) is 12.0 Å². The fourth-order valence-corrected chi connectivity index (χ4v) is 3.79. The summed E-state index contributed by atoms with van der Waals surface area (Å²) in [5.74, 6) is -2.31. The van der Waals surface area contributed by atoms with Gasteiger partial charge in [-0.1, -0.05) is 0 Å². The highest BCUT2D eigenvalue weighted by Crippen LogP contribution is 2.46. The number of hydrogen-bond donors (Lipinski definition) is 2. The van der Waals surface area contributed by atoms with E-state index in [-0.39, 0.29) is 18.1 Å². The Labute approximate surface area is 129 Å². The number of carboxylic acids is 1. The molecule has 2 N–H and O–H groups in total. The maximum absolute atomic E-state index is 12.3. The number of thioether (sulfide) groups is 1. The second kappa shape index (κ2) is 5.97. The van der Waals surface area contributed by atoms with Crippen LogP contribution in [-0.2, 0) is 28.7 Å². The van der Waals surface area contributed by atoms with E-state index in [4.69, 9.17) is 9.47 Å². The second-order valence-electron chi connectivity index (χ2n) is 4.58. The number of nitrogens with zero attached hydrogens (tertiary/aromatic N) is 1. The van der Waals surface area contributed by atoms with Crippen LogP contribution in [0.3, 0.4) is 0 Å². The van der Waals surface area contributed by atoms with Crippen molar-refractivity contribution in [2.45, 2.75) is 18.0 Å². The molecule has 2 aliphatic rings. The van der Waals surface area contributed by atoms with Crippen molar-refractivity contribution < 1.29 is 33.8 Å². The van der Waals surface area contributed by atoms with Crippen molar-refractivity contribution in [3.63, 3.8) is 0 Å². The molecule has 1 saturated heterocycles. The number of carbonyl (C=O) groups excluding carboxylic acids is 3. The highest BCUT2D eigenvalue weighted by molar-refractivity contribution is 8.00. The standard InChI is InChI=1S/C12H14N2O7S/c1-6(16)21-3-7-4-22-11-12(20-2,13-5-15)10(19)14(11)8(7)9(17)18/h5,11H,3-4H2,1-2H3,(H,13,15)(H,17,18)/t11-,12-/m0/s1. The number of hydrogen-bond acceptors (Lipinski definition) is 7. The van der Waals surface area contributed by atoms with Crippen LogP contribution in [0.5, 0.6) is 0 Å². The minimum absolute atomic E-state index is 0.207. The summed E-state index contributed by atoms with van der Waals surface area (Å²) in [5, 5.41) is 11.0. The molecule has 9 nitrogen and oxygen atoms in total. The molecule has 10 heteroatoms. The van der Waals surface area contributed by atoms with Crippen molar-refractivity contribution in [3.05, 3.63) is 11.3 Å². The van der Waals surface area contributed by atoms with Gasteiger partial charge < -0.3 is 19.9 Å². The number of amides is 2. The molecule has 0 aromatic heterocycles. The molecule has 1 fully saturated rings. The van der Waals surface area contributed by atoms with Crippen LogP contribution < -0.4 is 5.32 Å². The van der Waals surface area contributed by atoms with Crippen molar-refractivity contribution >= 4 is 36.0 Å². The number of rotatable bonds is 6. The number of ether oxygens (including phenoxy) is 2. The Hall–Kier alpha value is -2.07. The lowest BCUT2D eigenvalue weighted by Gasteiger charge is -2.55. The zero-order chi connectivity index (χ0) is 16.5. The van der Waals surface area contributed by atoms with Gasteiger partial charge in [0.25, 0.3) is 11.6 Å². The molecule has 0 saturated carbocycles. The van der Waals surface area contributed by atoms with Crippen molar-refractivity contribution in [3.8, 4) is 0 Å². The second-order valence-corrected chi connectivity index (χ2v) is 5.65. The maximum atomic E-state index is 12.3. The van der Waals surface area contributed by atoms with Crippen LogP contribution >= 0.6 is 11.8 Å². The van der Waals surface area contributed by atoms with Gasteiger partial charge in [0.1, 0.15) is 17.7 Å². The summed E-state index contributed by atoms with van der Waals surface area (Å²) in [6, 6.07) is 0. The number of β-lactam (4-membered cyclic amide) rings is 1. The van der Waals surface area contributed by atoms with Crippen LogP contribution in [0.15, 0.2) is 11.3 Å². The summed E-state index contributed by atoms with van der Waals surface area (Å²) in [6.45, 7) is 1.00. The molecule has 2 heterocycles. The van der Waals surface area contributed by atoms with E-state index in [9.17, 15) is 24.3 Å². The quantitative estimate of drug-likeness (QED) is 0.272. The third kappa shape index (κ3) is 2.33. The molecule has 2 atom stereocenters. The lowest BCUT2D eigenvalue weighted by atomic mass is 9.98. The highest BCUT2D eigenvalue weighted by Gasteiger charge is 2.66. The minimum atomic E-state index is -1.57. The van der Waals surface area contributed by atoms with E-state index >= 15 is 0 Å². The Morgan fingerprint density at radius 1 is 1.59 bits per heavy atom. The van der Waals surface area contributed by atoms with E-state index in [2.05, 4.69) is 5.32 Å². The summed E-state index contributed by atoms with van der Waals surface area (Å²) in [4.78, 5) is 46.4. The summed E-state index contributed by atoms with van der Waals surface area (Å²) >= 11 is 1.22. The van der Waals surface area contributed by atoms with Gasteiger partial charge in [-0.3, -0.25) is 19.3 Å². The number of fused-ring (bicyclic) bond motifs is 1. The first-order valence-electron chi connectivity index (χ1n) is 6.19. The molecular weight excluding hydrogens is 316 g/mol. The highest BCUT2D eigenvalue weighted by atomic mass is 32.2. The Kier molecular flexibility index (Phi) is 4.42. The molecule has 2 rings (SSSR count). The van der Waals surface area contributed by atoms with E-state index < -0.39 is 28.9 Å². The first-order chi connectivity index (χ1) is 10.4. The summed E-state index contributed by atoms with van der Waals surface area (Å²) in [6.07, 6.45) is 0.331. The van der Waals surface area contributed by atoms with Crippen LogP contribution in [0.1, 0.15) is 6.92 Å². The summed E-state index contributed by atoms with van der Waals surface area (Å²) < 4.78 is 9.92. The molecule has 0 unspecified atom stereocenters. The first-order valence-corrected chi connectivity index (χ1v) is 7.24. The van der Waals surface area contributed by atoms with Gasteiger partial charge in [-0.15, -0.1) is 11.8 Å². The Balaban J connectivity index is 2.33. The van der Waals surface area contributed by atoms with Gasteiger partial charge in [-0.05, 0) is 0 Å². The minimum Gasteiger partial charge on any atom is -0.477 e. The monoisotopic (exact) mass is 330 g/mol. The van der Waals surface area contributed by atoms with E-state index in [1.54, 1.807) is 0 Å². The number of methoxy groups -OCH3 is 1. The summed E-state index contributed by atoms with van der Waals surface area (Å²) in [5.41, 5.74) is -1.50. The van der Waals surface area contributed by atoms with Crippen LogP contribution in [-0.4, -0.2) is 64.8 Å². The zero-order valence-corrected chi connectivity index (χ0v) is 12.6. The molecule has 0 aromatic carbocycles. The zero-order valence-electron chi connectivity index (χ0n) is 11.8. The van der Waals surface area contributed by atoms with Gasteiger partial charge in [0.15, 0.2) is 0 Å². The molecule has 0 radical (unpaired) electrons. The van der Waals surface area contributed by atoms with Crippen molar-refractivity contribution in [1.82, 2.24) is 10.2 Å². The lowest BCUT2D eigenvalue weighted by molar-refractivity contribution is -0.190. The molecule has 0 aromatic rings. The predicted molar refractivity (Wildman–Crippen MR) is 73.3 cm³/mol. The molecule has 0 bridgehead atoms. The predicted octanol–water partition coefficient (Wildman–Crippen LogP) is -1.11. The Bertz CT molecular complexity index is 576. The van der Waals surface area contributed by atoms with Crippen LogP contribution in [0.4, 0.5) is 0 Å². The third-order valence-corrected chi connectivity index (χ3v) is 4.73. The van der Waals surface area contributed by atoms with Crippen LogP contribution in [0.25, 0.3) is 0 Å². The maximum Gasteiger partial charge on any atom is 0.352 e. The molecule has 2 amide bonds. The van der Waals surface area contributed by atoms with Gasteiger partial charge in [0.2, 0.25) is 6.41 Å². The number of carbonyl (C=O) groups is 4.